The molecule has 16 heavy (non-hydrogen) atoms. The highest BCUT2D eigenvalue weighted by Gasteiger charge is 2.17. The van der Waals surface area contributed by atoms with Crippen LogP contribution in [0.4, 0.5) is 4.39 Å². The average molecular weight is 214 g/mol. The Morgan fingerprint density at radius 2 is 2.06 bits per heavy atom. The summed E-state index contributed by atoms with van der Waals surface area (Å²) in [6.07, 6.45) is 6.52. The Kier molecular flexibility index (Phi) is 3.04. The number of benzene rings is 1. The van der Waals surface area contributed by atoms with Gasteiger partial charge in [0, 0.05) is 0 Å². The molecule has 0 aliphatic heterocycles. The summed E-state index contributed by atoms with van der Waals surface area (Å²) in [5, 5.41) is 0. The molecule has 0 N–H and O–H groups in total. The summed E-state index contributed by atoms with van der Waals surface area (Å²) in [4.78, 5) is 0. The SMILES string of the molecule is C/C=C\C1=C(/C=C(\C)F)Cc2ccccc21. The summed E-state index contributed by atoms with van der Waals surface area (Å²) >= 11 is 0. The van der Waals surface area contributed by atoms with Gasteiger partial charge in [0.15, 0.2) is 0 Å². The lowest BCUT2D eigenvalue weighted by molar-refractivity contribution is 0.639. The van der Waals surface area contributed by atoms with E-state index in [1.165, 1.54) is 18.1 Å². The van der Waals surface area contributed by atoms with E-state index in [0.717, 1.165) is 17.6 Å². The number of allylic oxidation sites excluding steroid dienone is 6. The maximum absolute atomic E-state index is 13.0. The first kappa shape index (κ1) is 10.9. The van der Waals surface area contributed by atoms with Gasteiger partial charge in [0.05, 0.1) is 5.83 Å². The number of halogens is 1. The van der Waals surface area contributed by atoms with Crippen molar-refractivity contribution < 1.29 is 4.39 Å². The van der Waals surface area contributed by atoms with Crippen LogP contribution >= 0.6 is 0 Å². The second-order valence-electron chi connectivity index (χ2n) is 4.00. The normalized spacial score (nSPS) is 16.1. The van der Waals surface area contributed by atoms with Crippen LogP contribution in [-0.4, -0.2) is 0 Å². The lowest BCUT2D eigenvalue weighted by Crippen LogP contribution is -1.81. The first-order valence-corrected chi connectivity index (χ1v) is 5.50. The fourth-order valence-corrected chi connectivity index (χ4v) is 2.14. The van der Waals surface area contributed by atoms with Crippen LogP contribution < -0.4 is 0 Å². The van der Waals surface area contributed by atoms with Crippen LogP contribution in [0, 0.1) is 0 Å². The lowest BCUT2D eigenvalue weighted by Gasteiger charge is -2.00. The van der Waals surface area contributed by atoms with Gasteiger partial charge in [-0.15, -0.1) is 0 Å². The van der Waals surface area contributed by atoms with Crippen molar-refractivity contribution in [1.29, 1.82) is 0 Å². The highest BCUT2D eigenvalue weighted by atomic mass is 19.1. The van der Waals surface area contributed by atoms with Crippen molar-refractivity contribution >= 4 is 5.57 Å². The summed E-state index contributed by atoms with van der Waals surface area (Å²) < 4.78 is 13.0. The van der Waals surface area contributed by atoms with Crippen LogP contribution in [0.5, 0.6) is 0 Å². The summed E-state index contributed by atoms with van der Waals surface area (Å²) in [5.74, 6) is -0.134. The molecule has 0 atom stereocenters. The van der Waals surface area contributed by atoms with Gasteiger partial charge < -0.3 is 0 Å². The Balaban J connectivity index is 2.52. The van der Waals surface area contributed by atoms with E-state index in [2.05, 4.69) is 18.2 Å². The summed E-state index contributed by atoms with van der Waals surface area (Å²) in [7, 11) is 0. The molecule has 1 aliphatic carbocycles. The molecule has 0 nitrogen and oxygen atoms in total. The van der Waals surface area contributed by atoms with Crippen molar-refractivity contribution in [3.05, 3.63) is 65.0 Å². The third kappa shape index (κ3) is 1.99. The number of fused-ring (bicyclic) bond motifs is 1. The molecule has 0 unspecified atom stereocenters. The predicted octanol–water partition coefficient (Wildman–Crippen LogP) is 4.45. The molecule has 0 fully saturated rings. The topological polar surface area (TPSA) is 0 Å². The van der Waals surface area contributed by atoms with E-state index in [-0.39, 0.29) is 5.83 Å². The molecule has 1 aromatic rings. The predicted molar refractivity (Wildman–Crippen MR) is 66.7 cm³/mol. The maximum atomic E-state index is 13.0. The van der Waals surface area contributed by atoms with E-state index >= 15 is 0 Å². The fourth-order valence-electron chi connectivity index (χ4n) is 2.14. The van der Waals surface area contributed by atoms with Crippen LogP contribution in [0.15, 0.2) is 53.9 Å². The van der Waals surface area contributed by atoms with Gasteiger partial charge in [0.25, 0.3) is 0 Å². The number of hydrogen-bond acceptors (Lipinski definition) is 0. The second-order valence-corrected chi connectivity index (χ2v) is 4.00. The summed E-state index contributed by atoms with van der Waals surface area (Å²) in [6, 6.07) is 8.25. The molecule has 1 heteroatoms. The molecule has 2 rings (SSSR count). The van der Waals surface area contributed by atoms with E-state index in [1.807, 2.05) is 25.1 Å². The van der Waals surface area contributed by atoms with E-state index in [9.17, 15) is 4.39 Å². The second kappa shape index (κ2) is 4.48. The van der Waals surface area contributed by atoms with Crippen molar-refractivity contribution in [3.63, 3.8) is 0 Å². The van der Waals surface area contributed by atoms with Crippen LogP contribution in [-0.2, 0) is 6.42 Å². The summed E-state index contributed by atoms with van der Waals surface area (Å²) in [5.41, 5.74) is 4.73. The number of rotatable bonds is 2. The van der Waals surface area contributed by atoms with Crippen molar-refractivity contribution in [3.8, 4) is 0 Å². The molecule has 0 saturated carbocycles. The maximum Gasteiger partial charge on any atom is 0.0971 e. The molecule has 1 aliphatic rings. The molecular formula is C15H15F. The van der Waals surface area contributed by atoms with Gasteiger partial charge in [-0.05, 0) is 48.6 Å². The van der Waals surface area contributed by atoms with E-state index < -0.39 is 0 Å². The van der Waals surface area contributed by atoms with E-state index in [0.29, 0.717) is 0 Å². The first-order valence-electron chi connectivity index (χ1n) is 5.50. The van der Waals surface area contributed by atoms with Crippen molar-refractivity contribution in [2.24, 2.45) is 0 Å². The lowest BCUT2D eigenvalue weighted by atomic mass is 10.1. The van der Waals surface area contributed by atoms with Crippen LogP contribution in [0.25, 0.3) is 5.57 Å². The zero-order valence-corrected chi connectivity index (χ0v) is 9.63. The van der Waals surface area contributed by atoms with Gasteiger partial charge in [-0.2, -0.15) is 0 Å². The third-order valence-corrected chi connectivity index (χ3v) is 2.74. The zero-order chi connectivity index (χ0) is 11.5. The Labute approximate surface area is 95.8 Å². The largest absolute Gasteiger partial charge is 0.212 e. The third-order valence-electron chi connectivity index (χ3n) is 2.74. The van der Waals surface area contributed by atoms with Gasteiger partial charge in [0.2, 0.25) is 0 Å². The molecule has 0 bridgehead atoms. The zero-order valence-electron chi connectivity index (χ0n) is 9.63. The fraction of sp³-hybridized carbons (Fsp3) is 0.200. The Hall–Kier alpha value is -1.63. The van der Waals surface area contributed by atoms with Gasteiger partial charge in [-0.3, -0.25) is 0 Å². The van der Waals surface area contributed by atoms with Gasteiger partial charge in [0.1, 0.15) is 0 Å². The van der Waals surface area contributed by atoms with Gasteiger partial charge in [-0.25, -0.2) is 4.39 Å². The minimum atomic E-state index is -0.134. The van der Waals surface area contributed by atoms with Crippen molar-refractivity contribution in [2.75, 3.05) is 0 Å². The van der Waals surface area contributed by atoms with E-state index in [4.69, 9.17) is 0 Å². The first-order chi connectivity index (χ1) is 7.72. The van der Waals surface area contributed by atoms with Gasteiger partial charge >= 0.3 is 0 Å². The molecule has 82 valence electrons. The molecular weight excluding hydrogens is 199 g/mol. The van der Waals surface area contributed by atoms with Gasteiger partial charge in [-0.1, -0.05) is 36.4 Å². The number of hydrogen-bond donors (Lipinski definition) is 0. The highest BCUT2D eigenvalue weighted by Crippen LogP contribution is 2.34. The smallest absolute Gasteiger partial charge is 0.0971 e. The van der Waals surface area contributed by atoms with Crippen LogP contribution in [0.3, 0.4) is 0 Å². The average Bonchev–Trinajstić information content (AvgIpc) is 2.57. The molecule has 0 aromatic heterocycles. The minimum absolute atomic E-state index is 0.134. The molecule has 0 spiro atoms. The Morgan fingerprint density at radius 3 is 2.75 bits per heavy atom. The highest BCUT2D eigenvalue weighted by molar-refractivity contribution is 5.84. The molecule has 0 amide bonds. The molecule has 1 aromatic carbocycles. The monoisotopic (exact) mass is 214 g/mol. The van der Waals surface area contributed by atoms with E-state index in [1.54, 1.807) is 6.08 Å². The quantitative estimate of drug-likeness (QED) is 0.682. The Bertz CT molecular complexity index is 486. The van der Waals surface area contributed by atoms with Crippen LogP contribution in [0.1, 0.15) is 25.0 Å². The van der Waals surface area contributed by atoms with Crippen molar-refractivity contribution in [1.82, 2.24) is 0 Å². The molecule has 0 heterocycles. The Morgan fingerprint density at radius 1 is 1.31 bits per heavy atom. The standard InChI is InChI=1S/C15H15F/c1-3-6-14-13(9-11(2)16)10-12-7-4-5-8-15(12)14/h3-9H,10H2,1-2H3/b6-3-,11-9+. The minimum Gasteiger partial charge on any atom is -0.212 e. The molecule has 0 radical (unpaired) electrons. The van der Waals surface area contributed by atoms with Crippen molar-refractivity contribution in [2.45, 2.75) is 20.3 Å². The summed E-state index contributed by atoms with van der Waals surface area (Å²) in [6.45, 7) is 3.47. The van der Waals surface area contributed by atoms with Crippen LogP contribution in [0.2, 0.25) is 0 Å². The molecule has 0 saturated heterocycles.